The highest BCUT2D eigenvalue weighted by Crippen LogP contribution is 2.26. The molecule has 0 atom stereocenters. The van der Waals surface area contributed by atoms with Crippen LogP contribution in [0.5, 0.6) is 5.75 Å². The molecular formula is C15H19N3O2. The van der Waals surface area contributed by atoms with E-state index in [0.717, 1.165) is 11.3 Å². The Morgan fingerprint density at radius 1 is 1.35 bits per heavy atom. The molecule has 0 spiro atoms. The molecule has 0 fully saturated rings. The molecule has 0 aliphatic carbocycles. The van der Waals surface area contributed by atoms with Crippen molar-refractivity contribution in [3.8, 4) is 5.75 Å². The predicted octanol–water partition coefficient (Wildman–Crippen LogP) is 1.93. The Labute approximate surface area is 117 Å². The van der Waals surface area contributed by atoms with Crippen LogP contribution in [0, 0.1) is 0 Å². The first-order valence-corrected chi connectivity index (χ1v) is 6.61. The average molecular weight is 273 g/mol. The fourth-order valence-corrected chi connectivity index (χ4v) is 1.97. The molecule has 20 heavy (non-hydrogen) atoms. The lowest BCUT2D eigenvalue weighted by molar-refractivity contribution is 0.291. The van der Waals surface area contributed by atoms with Crippen molar-refractivity contribution in [2.24, 2.45) is 5.73 Å². The van der Waals surface area contributed by atoms with Crippen LogP contribution in [-0.2, 0) is 13.2 Å². The molecule has 5 nitrogen and oxygen atoms in total. The summed E-state index contributed by atoms with van der Waals surface area (Å²) in [5, 5.41) is 0. The predicted molar refractivity (Wildman–Crippen MR) is 77.6 cm³/mol. The van der Waals surface area contributed by atoms with Crippen LogP contribution in [0.1, 0.15) is 36.8 Å². The molecule has 3 N–H and O–H groups in total. The number of rotatable bonds is 5. The van der Waals surface area contributed by atoms with Gasteiger partial charge in [0.1, 0.15) is 18.2 Å². The van der Waals surface area contributed by atoms with Crippen LogP contribution < -0.4 is 16.0 Å². The zero-order chi connectivity index (χ0) is 14.5. The largest absolute Gasteiger partial charge is 0.485 e. The summed E-state index contributed by atoms with van der Waals surface area (Å²) < 4.78 is 5.77. The third kappa shape index (κ3) is 3.45. The molecule has 0 bridgehead atoms. The van der Waals surface area contributed by atoms with E-state index in [-0.39, 0.29) is 18.7 Å². The summed E-state index contributed by atoms with van der Waals surface area (Å²) in [7, 11) is 0. The number of para-hydroxylation sites is 1. The van der Waals surface area contributed by atoms with Crippen molar-refractivity contribution in [2.45, 2.75) is 32.9 Å². The second-order valence-corrected chi connectivity index (χ2v) is 4.87. The second-order valence-electron chi connectivity index (χ2n) is 4.87. The molecule has 0 radical (unpaired) electrons. The van der Waals surface area contributed by atoms with Gasteiger partial charge in [0.05, 0.1) is 5.69 Å². The van der Waals surface area contributed by atoms with Crippen LogP contribution in [0.4, 0.5) is 0 Å². The van der Waals surface area contributed by atoms with Gasteiger partial charge < -0.3 is 15.5 Å². The smallest absolute Gasteiger partial charge is 0.251 e. The summed E-state index contributed by atoms with van der Waals surface area (Å²) in [6.45, 7) is 4.67. The van der Waals surface area contributed by atoms with Crippen LogP contribution >= 0.6 is 0 Å². The van der Waals surface area contributed by atoms with Crippen molar-refractivity contribution in [3.63, 3.8) is 0 Å². The molecule has 1 aromatic heterocycles. The maximum Gasteiger partial charge on any atom is 0.251 e. The fourth-order valence-electron chi connectivity index (χ4n) is 1.97. The Morgan fingerprint density at radius 2 is 2.10 bits per heavy atom. The number of aromatic amines is 1. The molecule has 0 saturated carbocycles. The maximum atomic E-state index is 11.4. The van der Waals surface area contributed by atoms with Gasteiger partial charge in [-0.2, -0.15) is 0 Å². The van der Waals surface area contributed by atoms with E-state index in [1.54, 1.807) is 0 Å². The van der Waals surface area contributed by atoms with Crippen LogP contribution in [0.15, 0.2) is 35.1 Å². The highest BCUT2D eigenvalue weighted by Gasteiger charge is 2.08. The Hall–Kier alpha value is -2.14. The summed E-state index contributed by atoms with van der Waals surface area (Å²) >= 11 is 0. The number of aromatic nitrogens is 2. The number of benzene rings is 1. The molecule has 0 saturated heterocycles. The number of nitrogens with zero attached hydrogens (tertiary/aromatic N) is 1. The monoisotopic (exact) mass is 273 g/mol. The van der Waals surface area contributed by atoms with Crippen molar-refractivity contribution >= 4 is 0 Å². The Morgan fingerprint density at radius 3 is 2.80 bits per heavy atom. The summed E-state index contributed by atoms with van der Waals surface area (Å²) in [5.74, 6) is 1.66. The molecular weight excluding hydrogens is 254 g/mol. The number of H-pyrrole nitrogens is 1. The van der Waals surface area contributed by atoms with E-state index in [1.807, 2.05) is 24.3 Å². The Bertz CT molecular complexity index is 635. The van der Waals surface area contributed by atoms with E-state index in [2.05, 4.69) is 23.8 Å². The number of ether oxygens (including phenoxy) is 1. The van der Waals surface area contributed by atoms with Crippen molar-refractivity contribution in [1.29, 1.82) is 0 Å². The van der Waals surface area contributed by atoms with E-state index in [0.29, 0.717) is 17.4 Å². The summed E-state index contributed by atoms with van der Waals surface area (Å²) in [6.07, 6.45) is 0. The third-order valence-electron chi connectivity index (χ3n) is 2.96. The van der Waals surface area contributed by atoms with Gasteiger partial charge in [0.15, 0.2) is 0 Å². The van der Waals surface area contributed by atoms with Gasteiger partial charge >= 0.3 is 0 Å². The van der Waals surface area contributed by atoms with E-state index in [4.69, 9.17) is 10.5 Å². The summed E-state index contributed by atoms with van der Waals surface area (Å²) in [6, 6.07) is 9.25. The molecule has 0 aliphatic rings. The normalized spacial score (nSPS) is 10.8. The minimum Gasteiger partial charge on any atom is -0.485 e. The number of hydrogen-bond acceptors (Lipinski definition) is 4. The highest BCUT2D eigenvalue weighted by atomic mass is 16.5. The minimum absolute atomic E-state index is 0.212. The van der Waals surface area contributed by atoms with Gasteiger partial charge in [0.2, 0.25) is 0 Å². The average Bonchev–Trinajstić information content (AvgIpc) is 2.44. The molecule has 0 unspecified atom stereocenters. The molecule has 0 amide bonds. The molecule has 106 valence electrons. The third-order valence-corrected chi connectivity index (χ3v) is 2.96. The highest BCUT2D eigenvalue weighted by molar-refractivity contribution is 5.35. The SMILES string of the molecule is CC(C)c1ccccc1OCc1nc(CN)cc(=O)[nH]1. The summed E-state index contributed by atoms with van der Waals surface area (Å²) in [4.78, 5) is 18.3. The lowest BCUT2D eigenvalue weighted by Gasteiger charge is -2.13. The zero-order valence-electron chi connectivity index (χ0n) is 11.7. The molecule has 1 heterocycles. The lowest BCUT2D eigenvalue weighted by Crippen LogP contribution is -2.16. The fraction of sp³-hybridized carbons (Fsp3) is 0.333. The van der Waals surface area contributed by atoms with E-state index in [1.165, 1.54) is 6.07 Å². The van der Waals surface area contributed by atoms with Gasteiger partial charge in [-0.15, -0.1) is 0 Å². The van der Waals surface area contributed by atoms with Gasteiger partial charge in [-0.1, -0.05) is 32.0 Å². The maximum absolute atomic E-state index is 11.4. The number of nitrogens with one attached hydrogen (secondary N) is 1. The summed E-state index contributed by atoms with van der Waals surface area (Å²) in [5.41, 5.74) is 6.98. The molecule has 0 aliphatic heterocycles. The first kappa shape index (κ1) is 14.3. The van der Waals surface area contributed by atoms with Crippen molar-refractivity contribution in [2.75, 3.05) is 0 Å². The van der Waals surface area contributed by atoms with Crippen molar-refractivity contribution in [3.05, 3.63) is 57.8 Å². The molecule has 2 aromatic rings. The van der Waals surface area contributed by atoms with Crippen molar-refractivity contribution in [1.82, 2.24) is 9.97 Å². The van der Waals surface area contributed by atoms with Crippen LogP contribution in [0.25, 0.3) is 0 Å². The van der Waals surface area contributed by atoms with E-state index >= 15 is 0 Å². The Kier molecular flexibility index (Phi) is 4.53. The lowest BCUT2D eigenvalue weighted by atomic mass is 10.0. The first-order chi connectivity index (χ1) is 9.60. The molecule has 1 aromatic carbocycles. The quantitative estimate of drug-likeness (QED) is 0.872. The first-order valence-electron chi connectivity index (χ1n) is 6.61. The minimum atomic E-state index is -0.212. The Balaban J connectivity index is 2.17. The van der Waals surface area contributed by atoms with Crippen molar-refractivity contribution < 1.29 is 4.74 Å². The van der Waals surface area contributed by atoms with Gasteiger partial charge in [-0.05, 0) is 17.5 Å². The van der Waals surface area contributed by atoms with Crippen LogP contribution in [0.2, 0.25) is 0 Å². The van der Waals surface area contributed by atoms with Gasteiger partial charge in [-0.3, -0.25) is 4.79 Å². The van der Waals surface area contributed by atoms with Crippen LogP contribution in [0.3, 0.4) is 0 Å². The molecule has 5 heteroatoms. The number of nitrogens with two attached hydrogens (primary N) is 1. The van der Waals surface area contributed by atoms with Gasteiger partial charge in [0, 0.05) is 12.6 Å². The van der Waals surface area contributed by atoms with Gasteiger partial charge in [0.25, 0.3) is 5.56 Å². The molecule has 2 rings (SSSR count). The van der Waals surface area contributed by atoms with Gasteiger partial charge in [-0.25, -0.2) is 4.98 Å². The topological polar surface area (TPSA) is 81.0 Å². The van der Waals surface area contributed by atoms with E-state index in [9.17, 15) is 4.79 Å². The number of hydrogen-bond donors (Lipinski definition) is 2. The van der Waals surface area contributed by atoms with E-state index < -0.39 is 0 Å². The standard InChI is InChI=1S/C15H19N3O2/c1-10(2)12-5-3-4-6-13(12)20-9-14-17-11(8-16)7-15(19)18-14/h3-7,10H,8-9,16H2,1-2H3,(H,17,18,19). The van der Waals surface area contributed by atoms with Crippen LogP contribution in [-0.4, -0.2) is 9.97 Å². The zero-order valence-corrected chi connectivity index (χ0v) is 11.7. The second kappa shape index (κ2) is 6.34.